The average Bonchev–Trinajstić information content (AvgIpc) is 3.40. The number of carbonyl (C=O) groups excluding carboxylic acids is 3. The monoisotopic (exact) mass is 1140 g/mol. The zero-order chi connectivity index (χ0) is 56.8. The summed E-state index contributed by atoms with van der Waals surface area (Å²) in [4.78, 5) is 58.0. The molecule has 5 unspecified atom stereocenters. The van der Waals surface area contributed by atoms with Crippen molar-refractivity contribution in [1.29, 1.82) is 0 Å². The van der Waals surface area contributed by atoms with E-state index in [1.54, 1.807) is 0 Å². The Morgan fingerprint density at radius 1 is 0.364 bits per heavy atom. The summed E-state index contributed by atoms with van der Waals surface area (Å²) in [6, 6.07) is 0. The fourth-order valence-corrected chi connectivity index (χ4v) is 9.72. The van der Waals surface area contributed by atoms with Crippen molar-refractivity contribution in [3.63, 3.8) is 0 Å². The third-order valence-electron chi connectivity index (χ3n) is 12.8. The summed E-state index contributed by atoms with van der Waals surface area (Å²) in [7, 11) is -9.75. The Labute approximate surface area is 466 Å². The number of phosphoric acid groups is 2. The largest absolute Gasteiger partial charge is 0.472 e. The van der Waals surface area contributed by atoms with Gasteiger partial charge in [-0.3, -0.25) is 32.5 Å². The molecule has 0 aromatic heterocycles. The number of hydrogen-bond donors (Lipinski definition) is 4. The van der Waals surface area contributed by atoms with Gasteiger partial charge in [0.25, 0.3) is 0 Å². The molecular formula is C59H110O16P2. The van der Waals surface area contributed by atoms with Gasteiger partial charge in [-0.05, 0) is 70.6 Å². The highest BCUT2D eigenvalue weighted by atomic mass is 31.2. The number of rotatable bonds is 58. The molecule has 77 heavy (non-hydrogen) atoms. The van der Waals surface area contributed by atoms with E-state index in [2.05, 4.69) is 57.2 Å². The van der Waals surface area contributed by atoms with Crippen LogP contribution >= 0.6 is 15.6 Å². The fraction of sp³-hybridized carbons (Fsp3) is 0.847. The average molecular weight is 1140 g/mol. The molecule has 0 bridgehead atoms. The molecule has 0 aliphatic rings. The van der Waals surface area contributed by atoms with Gasteiger partial charge in [-0.1, -0.05) is 211 Å². The highest BCUT2D eigenvalue weighted by Gasteiger charge is 2.29. The van der Waals surface area contributed by atoms with Crippen LogP contribution in [0.1, 0.15) is 265 Å². The molecular weight excluding hydrogens is 1030 g/mol. The van der Waals surface area contributed by atoms with Gasteiger partial charge in [0.1, 0.15) is 25.4 Å². The van der Waals surface area contributed by atoms with Crippen LogP contribution in [0.5, 0.6) is 0 Å². The van der Waals surface area contributed by atoms with Gasteiger partial charge in [-0.15, -0.1) is 0 Å². The molecule has 0 fully saturated rings. The lowest BCUT2D eigenvalue weighted by Crippen LogP contribution is -2.30. The van der Waals surface area contributed by atoms with Crippen molar-refractivity contribution in [3.05, 3.63) is 36.5 Å². The van der Waals surface area contributed by atoms with E-state index in [4.69, 9.17) is 32.3 Å². The molecule has 452 valence electrons. The van der Waals surface area contributed by atoms with Gasteiger partial charge >= 0.3 is 33.6 Å². The minimum absolute atomic E-state index is 0.108. The Hall–Kier alpha value is -2.23. The van der Waals surface area contributed by atoms with Gasteiger partial charge in [-0.25, -0.2) is 9.13 Å². The molecule has 0 aromatic rings. The normalized spacial score (nSPS) is 14.7. The standard InChI is InChI=1S/C59H110O16P2/c1-4-7-10-13-16-19-22-25-26-29-31-33-36-39-42-45-57(62)69-48-54(60)49-71-76(65,66)72-50-55(61)51-73-77(67,68)74-53-56(75-59(64)47-44-41-38-35-32-28-24-21-18-15-12-9-6-3)52-70-58(63)46-43-40-37-34-30-27-23-20-17-14-11-8-5-2/h11,14,20,23,25-26,54-56,60-61H,4-10,12-13,15-19,21-22,24,27-53H2,1-3H3,(H,65,66)(H,67,68)/b14-11-,23-20-,26-25-. The van der Waals surface area contributed by atoms with Crippen molar-refractivity contribution in [2.45, 2.75) is 283 Å². The summed E-state index contributed by atoms with van der Waals surface area (Å²) in [6.45, 7) is 2.58. The van der Waals surface area contributed by atoms with Crippen LogP contribution in [-0.4, -0.2) is 95.9 Å². The quantitative estimate of drug-likeness (QED) is 0.0146. The van der Waals surface area contributed by atoms with Crippen LogP contribution in [0, 0.1) is 0 Å². The first-order valence-corrected chi connectivity index (χ1v) is 33.3. The summed E-state index contributed by atoms with van der Waals surface area (Å²) >= 11 is 0. The predicted molar refractivity (Wildman–Crippen MR) is 307 cm³/mol. The van der Waals surface area contributed by atoms with E-state index in [-0.39, 0.29) is 19.3 Å². The van der Waals surface area contributed by atoms with Gasteiger partial charge in [0.15, 0.2) is 6.10 Å². The molecule has 0 rings (SSSR count). The molecule has 0 aliphatic heterocycles. The van der Waals surface area contributed by atoms with Crippen LogP contribution in [0.3, 0.4) is 0 Å². The van der Waals surface area contributed by atoms with Crippen LogP contribution in [0.25, 0.3) is 0 Å². The van der Waals surface area contributed by atoms with Gasteiger partial charge in [0.05, 0.1) is 26.4 Å². The summed E-state index contributed by atoms with van der Waals surface area (Å²) in [5.74, 6) is -1.59. The second-order valence-electron chi connectivity index (χ2n) is 20.5. The number of esters is 3. The SMILES string of the molecule is CCC/C=C\C/C=C\CCCCCCCC(=O)OCC(COP(=O)(O)OCC(O)COP(=O)(O)OCC(O)COC(=O)CCCCCCC/C=C\CCCCCCCC)OC(=O)CCCCCCCCCCCCCCC. The summed E-state index contributed by atoms with van der Waals surface area (Å²) in [5, 5.41) is 20.4. The molecule has 0 aliphatic carbocycles. The summed E-state index contributed by atoms with van der Waals surface area (Å²) < 4.78 is 60.6. The molecule has 5 atom stereocenters. The van der Waals surface area contributed by atoms with Crippen LogP contribution in [-0.2, 0) is 55.8 Å². The molecule has 16 nitrogen and oxygen atoms in total. The zero-order valence-corrected chi connectivity index (χ0v) is 50.2. The molecule has 4 N–H and O–H groups in total. The second kappa shape index (κ2) is 54.4. The van der Waals surface area contributed by atoms with E-state index < -0.39 is 91.5 Å². The number of allylic oxidation sites excluding steroid dienone is 6. The number of aliphatic hydroxyl groups excluding tert-OH is 2. The predicted octanol–water partition coefficient (Wildman–Crippen LogP) is 15.5. The maximum atomic E-state index is 12.8. The topological polar surface area (TPSA) is 231 Å². The number of unbranched alkanes of at least 4 members (excludes halogenated alkanes) is 29. The van der Waals surface area contributed by atoms with E-state index in [1.807, 2.05) is 0 Å². The fourth-order valence-electron chi connectivity index (χ4n) is 8.13. The lowest BCUT2D eigenvalue weighted by molar-refractivity contribution is -0.161. The van der Waals surface area contributed by atoms with E-state index in [0.29, 0.717) is 19.3 Å². The lowest BCUT2D eigenvalue weighted by atomic mass is 10.0. The molecule has 0 saturated carbocycles. The third-order valence-corrected chi connectivity index (χ3v) is 14.7. The van der Waals surface area contributed by atoms with Crippen LogP contribution in [0.15, 0.2) is 36.5 Å². The lowest BCUT2D eigenvalue weighted by Gasteiger charge is -2.21. The Balaban J connectivity index is 4.67. The zero-order valence-electron chi connectivity index (χ0n) is 48.4. The second-order valence-corrected chi connectivity index (χ2v) is 23.4. The third kappa shape index (κ3) is 55.5. The highest BCUT2D eigenvalue weighted by molar-refractivity contribution is 7.47. The Morgan fingerprint density at radius 2 is 0.675 bits per heavy atom. The van der Waals surface area contributed by atoms with Gasteiger partial charge in [-0.2, -0.15) is 0 Å². The molecule has 0 radical (unpaired) electrons. The minimum Gasteiger partial charge on any atom is -0.463 e. The molecule has 18 heteroatoms. The van der Waals surface area contributed by atoms with Crippen LogP contribution in [0.4, 0.5) is 0 Å². The van der Waals surface area contributed by atoms with Gasteiger partial charge < -0.3 is 34.2 Å². The van der Waals surface area contributed by atoms with Crippen molar-refractivity contribution in [1.82, 2.24) is 0 Å². The van der Waals surface area contributed by atoms with Crippen LogP contribution < -0.4 is 0 Å². The molecule has 0 aromatic carbocycles. The van der Waals surface area contributed by atoms with Crippen molar-refractivity contribution < 1.29 is 75.8 Å². The van der Waals surface area contributed by atoms with Crippen molar-refractivity contribution >= 4 is 33.6 Å². The first-order chi connectivity index (χ1) is 37.2. The van der Waals surface area contributed by atoms with E-state index in [1.165, 1.54) is 89.9 Å². The maximum Gasteiger partial charge on any atom is 0.472 e. The Morgan fingerprint density at radius 3 is 1.08 bits per heavy atom. The van der Waals surface area contributed by atoms with Crippen LogP contribution in [0.2, 0.25) is 0 Å². The Bertz CT molecular complexity index is 1570. The smallest absolute Gasteiger partial charge is 0.463 e. The Kier molecular flexibility index (Phi) is 52.8. The minimum atomic E-state index is -4.91. The summed E-state index contributed by atoms with van der Waals surface area (Å²) in [5.41, 5.74) is 0. The molecule has 0 saturated heterocycles. The number of carbonyl (C=O) groups is 3. The maximum absolute atomic E-state index is 12.8. The van der Waals surface area contributed by atoms with Crippen molar-refractivity contribution in [2.75, 3.05) is 39.6 Å². The first-order valence-electron chi connectivity index (χ1n) is 30.3. The molecule has 0 amide bonds. The number of phosphoric ester groups is 2. The van der Waals surface area contributed by atoms with Gasteiger partial charge in [0.2, 0.25) is 0 Å². The van der Waals surface area contributed by atoms with E-state index in [0.717, 1.165) is 116 Å². The molecule has 0 spiro atoms. The summed E-state index contributed by atoms with van der Waals surface area (Å²) in [6.07, 6.45) is 47.8. The number of hydrogen-bond acceptors (Lipinski definition) is 14. The highest BCUT2D eigenvalue weighted by Crippen LogP contribution is 2.45. The van der Waals surface area contributed by atoms with E-state index in [9.17, 15) is 43.5 Å². The van der Waals surface area contributed by atoms with Gasteiger partial charge in [0, 0.05) is 19.3 Å². The number of aliphatic hydroxyl groups is 2. The van der Waals surface area contributed by atoms with Crippen molar-refractivity contribution in [3.8, 4) is 0 Å². The molecule has 0 heterocycles. The van der Waals surface area contributed by atoms with Crippen molar-refractivity contribution in [2.24, 2.45) is 0 Å². The van der Waals surface area contributed by atoms with E-state index >= 15 is 0 Å². The first kappa shape index (κ1) is 74.8. The number of ether oxygens (including phenoxy) is 3.